The minimum atomic E-state index is 0.881. The number of imidazole rings is 1. The predicted molar refractivity (Wildman–Crippen MR) is 124 cm³/mol. The van der Waals surface area contributed by atoms with Crippen molar-refractivity contribution < 1.29 is 0 Å². The molecule has 2 heteroatoms. The fourth-order valence-corrected chi connectivity index (χ4v) is 4.35. The van der Waals surface area contributed by atoms with Crippen LogP contribution in [0.2, 0.25) is 0 Å². The third-order valence-electron chi connectivity index (χ3n) is 5.95. The number of para-hydroxylation sites is 2. The molecule has 0 aliphatic rings. The molecule has 0 bridgehead atoms. The second-order valence-corrected chi connectivity index (χ2v) is 8.10. The number of hydrogen-bond donors (Lipinski definition) is 0. The molecule has 0 atom stereocenters. The number of nitrogens with zero attached hydrogens (tertiary/aromatic N) is 2. The Morgan fingerprint density at radius 1 is 0.724 bits per heavy atom. The van der Waals surface area contributed by atoms with E-state index in [-0.39, 0.29) is 0 Å². The minimum absolute atomic E-state index is 0.881. The number of unbranched alkanes of at least 4 members (excludes halogenated alkanes) is 6. The van der Waals surface area contributed by atoms with E-state index in [9.17, 15) is 0 Å². The Morgan fingerprint density at radius 2 is 1.45 bits per heavy atom. The first-order chi connectivity index (χ1) is 14.4. The first-order valence-corrected chi connectivity index (χ1v) is 11.3. The molecule has 0 aliphatic heterocycles. The Hall–Kier alpha value is -2.61. The van der Waals surface area contributed by atoms with Gasteiger partial charge in [-0.25, -0.2) is 4.98 Å². The number of rotatable bonds is 10. The van der Waals surface area contributed by atoms with E-state index in [1.807, 2.05) is 0 Å². The van der Waals surface area contributed by atoms with Gasteiger partial charge >= 0.3 is 0 Å². The van der Waals surface area contributed by atoms with Gasteiger partial charge in [0.25, 0.3) is 0 Å². The van der Waals surface area contributed by atoms with Crippen LogP contribution in [0.25, 0.3) is 21.8 Å². The van der Waals surface area contributed by atoms with Crippen LogP contribution >= 0.6 is 0 Å². The van der Waals surface area contributed by atoms with Gasteiger partial charge in [0, 0.05) is 13.0 Å². The molecule has 1 aromatic heterocycles. The molecule has 0 radical (unpaired) electrons. The van der Waals surface area contributed by atoms with E-state index in [4.69, 9.17) is 4.98 Å². The molecule has 0 aliphatic carbocycles. The molecular weight excluding hydrogens is 352 g/mol. The summed E-state index contributed by atoms with van der Waals surface area (Å²) in [5.41, 5.74) is 3.75. The van der Waals surface area contributed by atoms with Gasteiger partial charge in [-0.1, -0.05) is 100 Å². The highest BCUT2D eigenvalue weighted by Crippen LogP contribution is 2.24. The molecule has 0 spiro atoms. The van der Waals surface area contributed by atoms with Crippen LogP contribution in [0.5, 0.6) is 0 Å². The average Bonchev–Trinajstić information content (AvgIpc) is 3.10. The zero-order valence-corrected chi connectivity index (χ0v) is 17.6. The van der Waals surface area contributed by atoms with Crippen molar-refractivity contribution in [1.29, 1.82) is 0 Å². The Kier molecular flexibility index (Phi) is 6.61. The van der Waals surface area contributed by atoms with Crippen molar-refractivity contribution in [3.05, 3.63) is 78.1 Å². The van der Waals surface area contributed by atoms with Crippen LogP contribution in [0, 0.1) is 0 Å². The van der Waals surface area contributed by atoms with Crippen LogP contribution in [0.3, 0.4) is 0 Å². The fraction of sp³-hybridized carbons (Fsp3) is 0.370. The van der Waals surface area contributed by atoms with E-state index in [0.717, 1.165) is 18.5 Å². The maximum atomic E-state index is 5.02. The molecule has 1 heterocycles. The predicted octanol–water partition coefficient (Wildman–Crippen LogP) is 7.53. The van der Waals surface area contributed by atoms with E-state index >= 15 is 0 Å². The molecule has 0 unspecified atom stereocenters. The highest BCUT2D eigenvalue weighted by atomic mass is 15.1. The van der Waals surface area contributed by atoms with Crippen molar-refractivity contribution in [2.45, 2.75) is 64.8 Å². The maximum absolute atomic E-state index is 5.02. The van der Waals surface area contributed by atoms with E-state index in [1.54, 1.807) is 0 Å². The summed E-state index contributed by atoms with van der Waals surface area (Å²) in [6.45, 7) is 3.34. The lowest BCUT2D eigenvalue weighted by Crippen LogP contribution is -2.05. The van der Waals surface area contributed by atoms with Crippen LogP contribution in [-0.4, -0.2) is 9.55 Å². The standard InChI is InChI=1S/C27H32N2/c1-2-3-4-5-6-7-12-20-29-26-19-11-10-18-25(26)28-27(29)21-23-16-13-15-22-14-8-9-17-24(22)23/h8-11,13-19H,2-7,12,20-21H2,1H3. The van der Waals surface area contributed by atoms with Crippen molar-refractivity contribution in [3.8, 4) is 0 Å². The summed E-state index contributed by atoms with van der Waals surface area (Å²) in [5.74, 6) is 1.19. The van der Waals surface area contributed by atoms with Gasteiger partial charge in [0.15, 0.2) is 0 Å². The first kappa shape index (κ1) is 19.7. The topological polar surface area (TPSA) is 17.8 Å². The van der Waals surface area contributed by atoms with Gasteiger partial charge in [-0.2, -0.15) is 0 Å². The smallest absolute Gasteiger partial charge is 0.114 e. The van der Waals surface area contributed by atoms with Crippen LogP contribution in [0.4, 0.5) is 0 Å². The molecule has 150 valence electrons. The second kappa shape index (κ2) is 9.73. The SMILES string of the molecule is CCCCCCCCCn1c(Cc2cccc3ccccc23)nc2ccccc21. The largest absolute Gasteiger partial charge is 0.328 e. The van der Waals surface area contributed by atoms with Gasteiger partial charge in [0.1, 0.15) is 5.82 Å². The fourth-order valence-electron chi connectivity index (χ4n) is 4.35. The summed E-state index contributed by atoms with van der Waals surface area (Å²) < 4.78 is 2.46. The molecule has 2 nitrogen and oxygen atoms in total. The van der Waals surface area contributed by atoms with Crippen molar-refractivity contribution >= 4 is 21.8 Å². The summed E-state index contributed by atoms with van der Waals surface area (Å²) >= 11 is 0. The molecular formula is C27H32N2. The zero-order valence-electron chi connectivity index (χ0n) is 17.6. The quantitative estimate of drug-likeness (QED) is 0.258. The molecule has 3 aromatic carbocycles. The second-order valence-electron chi connectivity index (χ2n) is 8.10. The van der Waals surface area contributed by atoms with Crippen LogP contribution < -0.4 is 0 Å². The third kappa shape index (κ3) is 4.70. The number of benzene rings is 3. The van der Waals surface area contributed by atoms with Crippen molar-refractivity contribution in [2.24, 2.45) is 0 Å². The zero-order chi connectivity index (χ0) is 19.9. The number of hydrogen-bond acceptors (Lipinski definition) is 1. The lowest BCUT2D eigenvalue weighted by molar-refractivity contribution is 0.548. The van der Waals surface area contributed by atoms with E-state index in [1.165, 1.54) is 72.6 Å². The van der Waals surface area contributed by atoms with Gasteiger partial charge in [-0.15, -0.1) is 0 Å². The van der Waals surface area contributed by atoms with E-state index in [0.29, 0.717) is 0 Å². The Bertz CT molecular complexity index is 1060. The summed E-state index contributed by atoms with van der Waals surface area (Å²) in [5, 5.41) is 2.64. The molecule has 0 N–H and O–H groups in total. The number of fused-ring (bicyclic) bond motifs is 2. The van der Waals surface area contributed by atoms with Gasteiger partial charge < -0.3 is 4.57 Å². The van der Waals surface area contributed by atoms with Gasteiger partial charge in [-0.3, -0.25) is 0 Å². The highest BCUT2D eigenvalue weighted by Gasteiger charge is 2.12. The highest BCUT2D eigenvalue weighted by molar-refractivity contribution is 5.86. The molecule has 0 amide bonds. The summed E-state index contributed by atoms with van der Waals surface area (Å²) in [6, 6.07) is 23.9. The monoisotopic (exact) mass is 384 g/mol. The normalized spacial score (nSPS) is 11.5. The Morgan fingerprint density at radius 3 is 2.34 bits per heavy atom. The molecule has 0 saturated heterocycles. The van der Waals surface area contributed by atoms with E-state index < -0.39 is 0 Å². The van der Waals surface area contributed by atoms with Gasteiger partial charge in [0.05, 0.1) is 11.0 Å². The van der Waals surface area contributed by atoms with Gasteiger partial charge in [0.2, 0.25) is 0 Å². The maximum Gasteiger partial charge on any atom is 0.114 e. The first-order valence-electron chi connectivity index (χ1n) is 11.3. The Labute approximate surface area is 174 Å². The van der Waals surface area contributed by atoms with Crippen molar-refractivity contribution in [2.75, 3.05) is 0 Å². The summed E-state index contributed by atoms with van der Waals surface area (Å²) in [6.07, 6.45) is 10.2. The van der Waals surface area contributed by atoms with Crippen LogP contribution in [-0.2, 0) is 13.0 Å². The number of aromatic nitrogens is 2. The van der Waals surface area contributed by atoms with E-state index in [2.05, 4.69) is 78.2 Å². The lowest BCUT2D eigenvalue weighted by atomic mass is 10.0. The summed E-state index contributed by atoms with van der Waals surface area (Å²) in [4.78, 5) is 5.02. The minimum Gasteiger partial charge on any atom is -0.328 e. The summed E-state index contributed by atoms with van der Waals surface area (Å²) in [7, 11) is 0. The van der Waals surface area contributed by atoms with Crippen molar-refractivity contribution in [1.82, 2.24) is 9.55 Å². The molecule has 4 aromatic rings. The number of aryl methyl sites for hydroxylation is 1. The lowest BCUT2D eigenvalue weighted by Gasteiger charge is -2.11. The average molecular weight is 385 g/mol. The molecule has 0 fully saturated rings. The molecule has 0 saturated carbocycles. The van der Waals surface area contributed by atoms with Crippen LogP contribution in [0.15, 0.2) is 66.7 Å². The van der Waals surface area contributed by atoms with Crippen LogP contribution in [0.1, 0.15) is 63.3 Å². The molecule has 29 heavy (non-hydrogen) atoms. The Balaban J connectivity index is 1.53. The van der Waals surface area contributed by atoms with Crippen molar-refractivity contribution in [3.63, 3.8) is 0 Å². The third-order valence-corrected chi connectivity index (χ3v) is 5.95. The molecule has 4 rings (SSSR count). The van der Waals surface area contributed by atoms with Gasteiger partial charge in [-0.05, 0) is 34.9 Å².